The van der Waals surface area contributed by atoms with Gasteiger partial charge in [-0.1, -0.05) is 41.0 Å². The number of nitrogens with zero attached hydrogens (tertiary/aromatic N) is 1. The monoisotopic (exact) mass is 387 g/mol. The Kier molecular flexibility index (Phi) is 6.09. The molecule has 0 atom stereocenters. The maximum absolute atomic E-state index is 11.4. The van der Waals surface area contributed by atoms with E-state index < -0.39 is 18.3 Å². The van der Waals surface area contributed by atoms with Crippen molar-refractivity contribution in [3.8, 4) is 0 Å². The molecule has 1 fully saturated rings. The van der Waals surface area contributed by atoms with Crippen molar-refractivity contribution >= 4 is 53.3 Å². The first kappa shape index (κ1) is 19.8. The molecule has 0 unspecified atom stereocenters. The molecule has 2 heterocycles. The summed E-state index contributed by atoms with van der Waals surface area (Å²) in [7, 11) is -0.535. The van der Waals surface area contributed by atoms with Crippen molar-refractivity contribution in [1.82, 2.24) is 4.98 Å². The number of halogens is 2. The molecule has 0 saturated carbocycles. The normalized spacial score (nSPS) is 19.6. The Morgan fingerprint density at radius 1 is 1.21 bits per heavy atom. The lowest BCUT2D eigenvalue weighted by Gasteiger charge is -2.32. The average Bonchev–Trinajstić information content (AvgIpc) is 2.62. The van der Waals surface area contributed by atoms with E-state index in [0.717, 1.165) is 11.0 Å². The summed E-state index contributed by atoms with van der Waals surface area (Å²) in [5, 5.41) is 0.644. The number of carbonyl (C=O) groups is 1. The quantitative estimate of drug-likeness (QED) is 0.554. The summed E-state index contributed by atoms with van der Waals surface area (Å²) in [4.78, 5) is 15.3. The Morgan fingerprint density at radius 3 is 2.17 bits per heavy atom. The molecule has 8 heteroatoms. The summed E-state index contributed by atoms with van der Waals surface area (Å²) in [6, 6.07) is 3.41. The Balaban J connectivity index is 2.35. The van der Waals surface area contributed by atoms with Gasteiger partial charge in [0.25, 0.3) is 0 Å². The first-order valence-corrected chi connectivity index (χ1v) is 9.27. The van der Waals surface area contributed by atoms with Gasteiger partial charge < -0.3 is 9.31 Å². The highest BCUT2D eigenvalue weighted by Crippen LogP contribution is 2.39. The van der Waals surface area contributed by atoms with Crippen molar-refractivity contribution in [2.24, 2.45) is 0 Å². The second-order valence-electron chi connectivity index (χ2n) is 6.63. The van der Waals surface area contributed by atoms with Crippen molar-refractivity contribution in [3.63, 3.8) is 0 Å². The van der Waals surface area contributed by atoms with Gasteiger partial charge in [0.2, 0.25) is 0 Å². The zero-order chi connectivity index (χ0) is 18.1. The van der Waals surface area contributed by atoms with Crippen molar-refractivity contribution in [1.29, 1.82) is 0 Å². The van der Waals surface area contributed by atoms with Crippen LogP contribution in [0.5, 0.6) is 0 Å². The molecule has 2 rings (SSSR count). The van der Waals surface area contributed by atoms with Crippen molar-refractivity contribution in [2.75, 3.05) is 5.75 Å². The summed E-state index contributed by atoms with van der Waals surface area (Å²) in [5.41, 5.74) is 0.720. The second-order valence-corrected chi connectivity index (χ2v) is 8.56. The molecule has 1 aromatic rings. The van der Waals surface area contributed by atoms with E-state index in [1.54, 1.807) is 12.1 Å². The van der Waals surface area contributed by atoms with Gasteiger partial charge in [-0.15, -0.1) is 0 Å². The summed E-state index contributed by atoms with van der Waals surface area (Å²) in [5.74, 6) is 0.462. The third-order valence-corrected chi connectivity index (χ3v) is 5.41. The number of thioether (sulfide) groups is 1. The van der Waals surface area contributed by atoms with Crippen molar-refractivity contribution in [3.05, 3.63) is 33.5 Å². The molecule has 0 spiro atoms. The zero-order valence-electron chi connectivity index (χ0n) is 14.4. The largest absolute Gasteiger partial charge is 0.491 e. The second kappa shape index (κ2) is 7.38. The molecule has 0 N–H and O–H groups in total. The molecule has 0 radical (unpaired) electrons. The van der Waals surface area contributed by atoms with Gasteiger partial charge in [-0.3, -0.25) is 4.79 Å². The summed E-state index contributed by atoms with van der Waals surface area (Å²) >= 11 is 13.1. The predicted octanol–water partition coefficient (Wildman–Crippen LogP) is 4.68. The summed E-state index contributed by atoms with van der Waals surface area (Å²) in [6.07, 6.45) is 1.89. The van der Waals surface area contributed by atoms with Gasteiger partial charge >= 0.3 is 7.12 Å². The number of hydrogen-bond acceptors (Lipinski definition) is 5. The third kappa shape index (κ3) is 4.76. The molecule has 0 amide bonds. The van der Waals surface area contributed by atoms with Crippen LogP contribution < -0.4 is 0 Å². The first-order chi connectivity index (χ1) is 11.0. The van der Waals surface area contributed by atoms with E-state index in [0.29, 0.717) is 16.1 Å². The molecule has 1 aliphatic heterocycles. The molecule has 1 aromatic heterocycles. The van der Waals surface area contributed by atoms with E-state index in [-0.39, 0.29) is 5.12 Å². The van der Waals surface area contributed by atoms with Crippen LogP contribution in [0.3, 0.4) is 0 Å². The number of aromatic nitrogens is 1. The zero-order valence-corrected chi connectivity index (χ0v) is 16.7. The minimum atomic E-state index is -0.535. The smallest absolute Gasteiger partial charge is 0.400 e. The van der Waals surface area contributed by atoms with Gasteiger partial charge in [-0.25, -0.2) is 4.98 Å². The van der Waals surface area contributed by atoms with Gasteiger partial charge in [-0.05, 0) is 50.9 Å². The number of rotatable bonds is 4. The SMILES string of the molecule is CC(=O)SCC(=Cc1cc(Cl)nc(Cl)c1)B1OC(C)(C)C(C)(C)O1. The van der Waals surface area contributed by atoms with Crippen molar-refractivity contribution < 1.29 is 14.1 Å². The highest BCUT2D eigenvalue weighted by atomic mass is 35.5. The molecule has 1 saturated heterocycles. The fourth-order valence-electron chi connectivity index (χ4n) is 2.14. The van der Waals surface area contributed by atoms with Gasteiger partial charge in [0.15, 0.2) is 5.12 Å². The van der Waals surface area contributed by atoms with Crippen LogP contribution in [0.15, 0.2) is 17.6 Å². The lowest BCUT2D eigenvalue weighted by Crippen LogP contribution is -2.41. The molecule has 0 aliphatic carbocycles. The maximum atomic E-state index is 11.4. The topological polar surface area (TPSA) is 48.4 Å². The maximum Gasteiger partial charge on any atom is 0.491 e. The van der Waals surface area contributed by atoms with Gasteiger partial charge in [0.1, 0.15) is 10.3 Å². The van der Waals surface area contributed by atoms with Crippen LogP contribution in [-0.4, -0.2) is 34.2 Å². The average molecular weight is 388 g/mol. The Morgan fingerprint density at radius 2 is 1.71 bits per heavy atom. The van der Waals surface area contributed by atoms with Gasteiger partial charge in [-0.2, -0.15) is 0 Å². The first-order valence-electron chi connectivity index (χ1n) is 7.53. The Hall–Kier alpha value is -0.525. The Labute approximate surface area is 157 Å². The minimum Gasteiger partial charge on any atom is -0.400 e. The third-order valence-electron chi connectivity index (χ3n) is 4.14. The molecule has 130 valence electrons. The van der Waals surface area contributed by atoms with Crippen LogP contribution in [0.4, 0.5) is 0 Å². The van der Waals surface area contributed by atoms with E-state index in [9.17, 15) is 4.79 Å². The predicted molar refractivity (Wildman–Crippen MR) is 101 cm³/mol. The van der Waals surface area contributed by atoms with Crippen molar-refractivity contribution in [2.45, 2.75) is 45.8 Å². The van der Waals surface area contributed by atoms with E-state index >= 15 is 0 Å². The van der Waals surface area contributed by atoms with Crippen LogP contribution >= 0.6 is 35.0 Å². The molecule has 4 nitrogen and oxygen atoms in total. The van der Waals surface area contributed by atoms with Gasteiger partial charge in [0.05, 0.1) is 11.2 Å². The fraction of sp³-hybridized carbons (Fsp3) is 0.500. The number of hydrogen-bond donors (Lipinski definition) is 0. The molecule has 24 heavy (non-hydrogen) atoms. The Bertz CT molecular complexity index is 643. The molecule has 1 aliphatic rings. The van der Waals surface area contributed by atoms with Crippen LogP contribution in [0.2, 0.25) is 10.3 Å². The summed E-state index contributed by atoms with van der Waals surface area (Å²) in [6.45, 7) is 9.49. The van der Waals surface area contributed by atoms with Gasteiger partial charge in [0, 0.05) is 12.7 Å². The van der Waals surface area contributed by atoms with E-state index in [4.69, 9.17) is 32.5 Å². The minimum absolute atomic E-state index is 0.0308. The van der Waals surface area contributed by atoms with Crippen LogP contribution in [0.25, 0.3) is 6.08 Å². The summed E-state index contributed by atoms with van der Waals surface area (Å²) < 4.78 is 12.2. The molecular formula is C16H20BCl2NO3S. The highest BCUT2D eigenvalue weighted by molar-refractivity contribution is 8.13. The number of pyridine rings is 1. The van der Waals surface area contributed by atoms with E-state index in [2.05, 4.69) is 4.98 Å². The van der Waals surface area contributed by atoms with Crippen LogP contribution in [-0.2, 0) is 14.1 Å². The van der Waals surface area contributed by atoms with E-state index in [1.165, 1.54) is 18.7 Å². The fourth-order valence-corrected chi connectivity index (χ4v) is 3.20. The lowest BCUT2D eigenvalue weighted by molar-refractivity contribution is -0.109. The lowest BCUT2D eigenvalue weighted by atomic mass is 9.78. The molecular weight excluding hydrogens is 368 g/mol. The molecule has 0 aromatic carbocycles. The standard InChI is InChI=1S/C16H20BCl2NO3S/c1-10(21)24-9-12(6-11-7-13(18)20-14(19)8-11)17-22-15(2,3)16(4,5)23-17/h6-8H,9H2,1-5H3. The number of carbonyl (C=O) groups excluding carboxylic acids is 1. The van der Waals surface area contributed by atoms with E-state index in [1.807, 2.05) is 33.8 Å². The highest BCUT2D eigenvalue weighted by Gasteiger charge is 2.52. The molecule has 0 bridgehead atoms. The van der Waals surface area contributed by atoms with Crippen LogP contribution in [0.1, 0.15) is 40.2 Å². The van der Waals surface area contributed by atoms with Crippen LogP contribution in [0, 0.1) is 0 Å².